The first-order chi connectivity index (χ1) is 19.4. The van der Waals surface area contributed by atoms with Crippen LogP contribution in [0.1, 0.15) is 0 Å². The van der Waals surface area contributed by atoms with E-state index in [-0.39, 0.29) is 33.9 Å². The van der Waals surface area contributed by atoms with Gasteiger partial charge in [-0.3, -0.25) is 0 Å². The zero-order valence-corrected chi connectivity index (χ0v) is 22.8. The fraction of sp³-hybridized carbons (Fsp3) is 0. The molecule has 0 fully saturated rings. The summed E-state index contributed by atoms with van der Waals surface area (Å²) in [5.74, 6) is 0.101. The van der Waals surface area contributed by atoms with E-state index < -0.39 is 11.3 Å². The van der Waals surface area contributed by atoms with Gasteiger partial charge in [-0.15, -0.1) is 0 Å². The molecule has 3 aromatic carbocycles. The average molecular weight is 597 g/mol. The van der Waals surface area contributed by atoms with E-state index in [1.807, 2.05) is 0 Å². The predicted octanol–water partition coefficient (Wildman–Crippen LogP) is 6.96. The van der Waals surface area contributed by atoms with Gasteiger partial charge < -0.3 is 8.83 Å². The van der Waals surface area contributed by atoms with Gasteiger partial charge in [0.15, 0.2) is 0 Å². The van der Waals surface area contributed by atoms with Gasteiger partial charge in [0, 0.05) is 11.1 Å². The van der Waals surface area contributed by atoms with Crippen LogP contribution in [0.5, 0.6) is 0 Å². The normalized spacial score (nSPS) is 10.2. The Labute approximate surface area is 244 Å². The lowest BCUT2D eigenvalue weighted by Crippen LogP contribution is -2.03. The summed E-state index contributed by atoms with van der Waals surface area (Å²) in [5.41, 5.74) is 1.47. The Balaban J connectivity index is 1.58. The smallest absolute Gasteiger partial charge is 0.347 e. The van der Waals surface area contributed by atoms with Crippen LogP contribution in [0.3, 0.4) is 0 Å². The molecule has 5 aromatic rings. The molecule has 2 aromatic heterocycles. The summed E-state index contributed by atoms with van der Waals surface area (Å²) in [4.78, 5) is 50.1. The molecular weight excluding hydrogens is 589 g/mol. The Morgan fingerprint density at radius 3 is 1.20 bits per heavy atom. The van der Waals surface area contributed by atoms with E-state index in [4.69, 9.17) is 8.83 Å². The maximum Gasteiger partial charge on any atom is 0.347 e. The first kappa shape index (κ1) is 26.7. The number of hydrogen-bond acceptors (Lipinski definition) is 14. The zero-order valence-electron chi connectivity index (χ0n) is 19.6. The summed E-state index contributed by atoms with van der Waals surface area (Å²) in [6.07, 6.45) is 0. The maximum absolute atomic E-state index is 12.7. The first-order valence-corrected chi connectivity index (χ1v) is 12.5. The molecule has 0 atom stereocenters. The summed E-state index contributed by atoms with van der Waals surface area (Å²) in [6.45, 7) is 0. The molecule has 0 saturated carbocycles. The topological polar surface area (TPSA) is 136 Å². The van der Waals surface area contributed by atoms with E-state index in [1.165, 1.54) is 24.3 Å². The molecule has 0 amide bonds. The second-order valence-electron chi connectivity index (χ2n) is 7.72. The highest BCUT2D eigenvalue weighted by atomic mass is 32.1. The van der Waals surface area contributed by atoms with E-state index in [0.717, 1.165) is 0 Å². The minimum Gasteiger partial charge on any atom is -0.403 e. The van der Waals surface area contributed by atoms with Gasteiger partial charge in [-0.25, -0.2) is 19.6 Å². The Bertz CT molecular complexity index is 2030. The Kier molecular flexibility index (Phi) is 7.68. The van der Waals surface area contributed by atoms with Crippen molar-refractivity contribution in [3.8, 4) is 22.9 Å². The molecule has 0 aliphatic rings. The quantitative estimate of drug-likeness (QED) is 0.149. The summed E-state index contributed by atoms with van der Waals surface area (Å²) in [6, 6.07) is 12.5. The number of fused-ring (bicyclic) bond motifs is 2. The molecule has 0 spiro atoms. The molecule has 0 N–H and O–H groups in total. The molecule has 0 aliphatic carbocycles. The van der Waals surface area contributed by atoms with E-state index in [2.05, 4.69) is 99.5 Å². The van der Waals surface area contributed by atoms with Gasteiger partial charge in [0.2, 0.25) is 11.8 Å². The Morgan fingerprint density at radius 2 is 0.875 bits per heavy atom. The Hall–Kier alpha value is -4.86. The number of nitrogens with zero attached hydrogens (tertiary/aromatic N) is 6. The lowest BCUT2D eigenvalue weighted by atomic mass is 10.1. The van der Waals surface area contributed by atoms with Crippen LogP contribution in [0, 0.1) is 0 Å². The number of benzene rings is 3. The van der Waals surface area contributed by atoms with Crippen molar-refractivity contribution in [3.05, 3.63) is 69.4 Å². The van der Waals surface area contributed by atoms with Crippen LogP contribution in [0.2, 0.25) is 0 Å². The van der Waals surface area contributed by atoms with Gasteiger partial charge in [0.25, 0.3) is 0 Å². The molecule has 0 bridgehead atoms. The molecular formula is C26H8N6O4S4. The van der Waals surface area contributed by atoms with Gasteiger partial charge in [0.1, 0.15) is 22.7 Å². The first-order valence-electron chi connectivity index (χ1n) is 10.9. The monoisotopic (exact) mass is 596 g/mol. The third kappa shape index (κ3) is 5.20. The van der Waals surface area contributed by atoms with Crippen LogP contribution in [-0.2, 0) is 0 Å². The predicted molar refractivity (Wildman–Crippen MR) is 164 cm³/mol. The highest BCUT2D eigenvalue weighted by Gasteiger charge is 2.15. The van der Waals surface area contributed by atoms with E-state index in [9.17, 15) is 9.59 Å². The highest BCUT2D eigenvalue weighted by molar-refractivity contribution is 7.78. The second-order valence-corrected chi connectivity index (χ2v) is 8.45. The summed E-state index contributed by atoms with van der Waals surface area (Å²) in [5, 5.41) is 9.32. The number of isothiocyanates is 4. The average Bonchev–Trinajstić information content (AvgIpc) is 2.95. The number of hydrogen-bond donors (Lipinski definition) is 0. The largest absolute Gasteiger partial charge is 0.403 e. The molecule has 0 aliphatic heterocycles. The van der Waals surface area contributed by atoms with E-state index in [0.29, 0.717) is 33.5 Å². The van der Waals surface area contributed by atoms with Gasteiger partial charge in [0.05, 0.1) is 42.5 Å². The minimum absolute atomic E-state index is 0.0506. The van der Waals surface area contributed by atoms with Crippen LogP contribution in [0.25, 0.3) is 44.7 Å². The van der Waals surface area contributed by atoms with Crippen molar-refractivity contribution in [2.45, 2.75) is 0 Å². The van der Waals surface area contributed by atoms with Crippen molar-refractivity contribution in [1.82, 2.24) is 9.97 Å². The molecule has 0 radical (unpaired) electrons. The van der Waals surface area contributed by atoms with Crippen LogP contribution in [-0.4, -0.2) is 30.6 Å². The molecule has 14 heteroatoms. The maximum atomic E-state index is 12.7. The van der Waals surface area contributed by atoms with Crippen molar-refractivity contribution < 1.29 is 8.83 Å². The van der Waals surface area contributed by atoms with Crippen LogP contribution in [0.15, 0.2) is 86.9 Å². The van der Waals surface area contributed by atoms with E-state index >= 15 is 0 Å². The molecule has 2 heterocycles. The highest BCUT2D eigenvalue weighted by Crippen LogP contribution is 2.33. The molecule has 10 nitrogen and oxygen atoms in total. The SMILES string of the molecule is O=c1oc(-c2ccc(-c3nc4cc(N=C=S)c(N=C=S)cc4c(=O)o3)cc2)nc2cc(N=C=S)c(N=C=S)cc12. The minimum atomic E-state index is -0.642. The fourth-order valence-electron chi connectivity index (χ4n) is 3.75. The Morgan fingerprint density at radius 1 is 0.550 bits per heavy atom. The third-order valence-corrected chi connectivity index (χ3v) is 5.86. The van der Waals surface area contributed by atoms with Gasteiger partial charge in [-0.1, -0.05) is 0 Å². The second kappa shape index (κ2) is 11.5. The fourth-order valence-corrected chi connectivity index (χ4v) is 4.14. The molecule has 0 unspecified atom stereocenters. The molecule has 40 heavy (non-hydrogen) atoms. The lowest BCUT2D eigenvalue weighted by molar-refractivity contribution is 0.516. The molecule has 5 rings (SSSR count). The van der Waals surface area contributed by atoms with Crippen LogP contribution < -0.4 is 11.3 Å². The van der Waals surface area contributed by atoms with Crippen LogP contribution in [0.4, 0.5) is 22.7 Å². The van der Waals surface area contributed by atoms with Crippen molar-refractivity contribution in [3.63, 3.8) is 0 Å². The number of aliphatic imine (C=N–C) groups is 4. The molecule has 190 valence electrons. The summed E-state index contributed by atoms with van der Waals surface area (Å²) < 4.78 is 10.9. The van der Waals surface area contributed by atoms with Crippen LogP contribution >= 0.6 is 48.9 Å². The zero-order chi connectivity index (χ0) is 28.2. The van der Waals surface area contributed by atoms with Crippen molar-refractivity contribution in [2.24, 2.45) is 20.0 Å². The van der Waals surface area contributed by atoms with Gasteiger partial charge in [-0.2, -0.15) is 20.0 Å². The van der Waals surface area contributed by atoms with Gasteiger partial charge in [-0.05, 0) is 97.4 Å². The standard InChI is InChI=1S/C26H8N6O4S4/c33-25-15-5-19(27-9-37)21(29-11-39)7-17(15)31-23(35-25)13-1-2-14(4-3-13)24-32-18-8-22(30-12-40)20(28-10-38)6-16(18)26(34)36-24/h1-8H. The van der Waals surface area contributed by atoms with E-state index in [1.54, 1.807) is 24.3 Å². The van der Waals surface area contributed by atoms with Crippen molar-refractivity contribution in [2.75, 3.05) is 0 Å². The van der Waals surface area contributed by atoms with Crippen molar-refractivity contribution >= 4 is 114 Å². The molecule has 0 saturated heterocycles. The number of aromatic nitrogens is 2. The number of thiocarbonyl (C=S) groups is 4. The van der Waals surface area contributed by atoms with Gasteiger partial charge >= 0.3 is 11.3 Å². The summed E-state index contributed by atoms with van der Waals surface area (Å²) in [7, 11) is 0. The number of rotatable bonds is 6. The van der Waals surface area contributed by atoms with Crippen molar-refractivity contribution in [1.29, 1.82) is 0 Å². The summed E-state index contributed by atoms with van der Waals surface area (Å²) >= 11 is 18.7. The lowest BCUT2D eigenvalue weighted by Gasteiger charge is -2.06. The third-order valence-electron chi connectivity index (χ3n) is 5.49.